The first-order valence-corrected chi connectivity index (χ1v) is 9.02. The molecule has 2 N–H and O–H groups in total. The van der Waals surface area contributed by atoms with Crippen molar-refractivity contribution in [3.05, 3.63) is 48.0 Å². The molecule has 0 aromatic heterocycles. The molecule has 1 atom stereocenters. The molecule has 1 unspecified atom stereocenters. The van der Waals surface area contributed by atoms with E-state index in [1.54, 1.807) is 18.7 Å². The minimum absolute atomic E-state index is 0.0281. The van der Waals surface area contributed by atoms with Crippen molar-refractivity contribution in [2.75, 3.05) is 24.7 Å². The predicted octanol–water partition coefficient (Wildman–Crippen LogP) is 2.34. The lowest BCUT2D eigenvalue weighted by Gasteiger charge is -2.18. The maximum Gasteiger partial charge on any atom is 0.333 e. The molecule has 0 radical (unpaired) electrons. The van der Waals surface area contributed by atoms with Gasteiger partial charge in [0.1, 0.15) is 12.7 Å². The molecule has 0 heterocycles. The highest BCUT2D eigenvalue weighted by molar-refractivity contribution is 7.99. The third kappa shape index (κ3) is 8.74. The Hall–Kier alpha value is -1.79. The summed E-state index contributed by atoms with van der Waals surface area (Å²) in [4.78, 5) is 23.5. The van der Waals surface area contributed by atoms with E-state index in [4.69, 9.17) is 15.2 Å². The topological polar surface area (TPSA) is 78.6 Å². The first-order valence-electron chi connectivity index (χ1n) is 7.86. The van der Waals surface area contributed by atoms with E-state index in [2.05, 4.69) is 6.58 Å². The fourth-order valence-corrected chi connectivity index (χ4v) is 2.60. The van der Waals surface area contributed by atoms with Crippen LogP contribution in [0.3, 0.4) is 0 Å². The molecule has 6 heteroatoms. The second kappa shape index (κ2) is 11.7. The van der Waals surface area contributed by atoms with E-state index < -0.39 is 12.1 Å². The van der Waals surface area contributed by atoms with Crippen molar-refractivity contribution >= 4 is 23.7 Å². The average Bonchev–Trinajstić information content (AvgIpc) is 2.58. The molecule has 0 aliphatic heterocycles. The van der Waals surface area contributed by atoms with Crippen LogP contribution in [0.1, 0.15) is 18.9 Å². The molecule has 1 aromatic carbocycles. The molecule has 0 bridgehead atoms. The molecule has 0 fully saturated rings. The summed E-state index contributed by atoms with van der Waals surface area (Å²) < 4.78 is 10.5. The molecular formula is C18H25NO4S. The number of ether oxygens (including phenoxy) is 2. The smallest absolute Gasteiger partial charge is 0.333 e. The van der Waals surface area contributed by atoms with Gasteiger partial charge in [-0.2, -0.15) is 11.8 Å². The predicted molar refractivity (Wildman–Crippen MR) is 96.8 cm³/mol. The van der Waals surface area contributed by atoms with Crippen LogP contribution in [0.4, 0.5) is 0 Å². The number of carbonyl (C=O) groups excluding carboxylic acids is 2. The van der Waals surface area contributed by atoms with E-state index in [0.29, 0.717) is 24.3 Å². The lowest BCUT2D eigenvalue weighted by Crippen LogP contribution is -2.28. The Morgan fingerprint density at radius 1 is 1.29 bits per heavy atom. The van der Waals surface area contributed by atoms with E-state index in [1.165, 1.54) is 0 Å². The lowest BCUT2D eigenvalue weighted by atomic mass is 10.1. The fraction of sp³-hybridized carbons (Fsp3) is 0.444. The minimum atomic E-state index is -0.482. The van der Waals surface area contributed by atoms with Crippen LogP contribution in [-0.2, 0) is 25.5 Å². The summed E-state index contributed by atoms with van der Waals surface area (Å²) in [6.45, 7) is 5.68. The highest BCUT2D eigenvalue weighted by Gasteiger charge is 2.17. The van der Waals surface area contributed by atoms with Crippen LogP contribution in [0.5, 0.6) is 0 Å². The number of thioether (sulfide) groups is 1. The molecule has 1 rings (SSSR count). The zero-order valence-electron chi connectivity index (χ0n) is 14.0. The van der Waals surface area contributed by atoms with E-state index >= 15 is 0 Å². The monoisotopic (exact) mass is 351 g/mol. The molecular weight excluding hydrogens is 326 g/mol. The van der Waals surface area contributed by atoms with Gasteiger partial charge in [-0.3, -0.25) is 4.79 Å². The quantitative estimate of drug-likeness (QED) is 0.374. The number of benzene rings is 1. The van der Waals surface area contributed by atoms with Crippen molar-refractivity contribution in [1.82, 2.24) is 0 Å². The zero-order valence-corrected chi connectivity index (χ0v) is 14.8. The SMILES string of the molecule is C=C(C)C(=O)OCC(CSCCN)OC(=O)CCc1ccccc1. The molecule has 0 aliphatic rings. The van der Waals surface area contributed by atoms with Crippen molar-refractivity contribution in [2.45, 2.75) is 25.9 Å². The van der Waals surface area contributed by atoms with Crippen LogP contribution in [0, 0.1) is 0 Å². The lowest BCUT2D eigenvalue weighted by molar-refractivity contribution is -0.155. The molecule has 0 aliphatic carbocycles. The van der Waals surface area contributed by atoms with Gasteiger partial charge >= 0.3 is 11.9 Å². The van der Waals surface area contributed by atoms with Gasteiger partial charge in [0.2, 0.25) is 0 Å². The van der Waals surface area contributed by atoms with Gasteiger partial charge in [-0.15, -0.1) is 0 Å². The van der Waals surface area contributed by atoms with Gasteiger partial charge in [-0.1, -0.05) is 36.9 Å². The number of nitrogens with two attached hydrogens (primary N) is 1. The number of rotatable bonds is 11. The summed E-state index contributed by atoms with van der Waals surface area (Å²) in [6.07, 6.45) is 0.429. The summed E-state index contributed by atoms with van der Waals surface area (Å²) in [7, 11) is 0. The molecule has 5 nitrogen and oxygen atoms in total. The van der Waals surface area contributed by atoms with Crippen molar-refractivity contribution < 1.29 is 19.1 Å². The summed E-state index contributed by atoms with van der Waals surface area (Å²) in [5.41, 5.74) is 6.86. The third-order valence-electron chi connectivity index (χ3n) is 3.07. The summed E-state index contributed by atoms with van der Waals surface area (Å²) in [5, 5.41) is 0. The summed E-state index contributed by atoms with van der Waals surface area (Å²) >= 11 is 1.56. The zero-order chi connectivity index (χ0) is 17.8. The fourth-order valence-electron chi connectivity index (χ4n) is 1.84. The molecule has 0 amide bonds. The van der Waals surface area contributed by atoms with E-state index in [9.17, 15) is 9.59 Å². The van der Waals surface area contributed by atoms with Gasteiger partial charge in [0.15, 0.2) is 0 Å². The second-order valence-corrected chi connectivity index (χ2v) is 6.49. The number of hydrogen-bond acceptors (Lipinski definition) is 6. The Bertz CT molecular complexity index is 533. The van der Waals surface area contributed by atoms with Gasteiger partial charge in [0, 0.05) is 30.0 Å². The van der Waals surface area contributed by atoms with E-state index in [-0.39, 0.29) is 19.0 Å². The minimum Gasteiger partial charge on any atom is -0.458 e. The number of hydrogen-bond donors (Lipinski definition) is 1. The Balaban J connectivity index is 2.44. The van der Waals surface area contributed by atoms with Gasteiger partial charge < -0.3 is 15.2 Å². The Labute approximate surface area is 147 Å². The van der Waals surface area contributed by atoms with Crippen LogP contribution in [-0.4, -0.2) is 42.7 Å². The number of carbonyl (C=O) groups is 2. The standard InChI is InChI=1S/C18H25NO4S/c1-14(2)18(21)22-12-16(13-24-11-10-19)23-17(20)9-8-15-6-4-3-5-7-15/h3-7,16H,1,8-13,19H2,2H3. The first-order chi connectivity index (χ1) is 11.5. The van der Waals surface area contributed by atoms with Gasteiger partial charge in [0.05, 0.1) is 0 Å². The molecule has 1 aromatic rings. The largest absolute Gasteiger partial charge is 0.458 e. The van der Waals surface area contributed by atoms with Crippen molar-refractivity contribution in [1.29, 1.82) is 0 Å². The molecule has 0 spiro atoms. The second-order valence-electron chi connectivity index (χ2n) is 5.34. The van der Waals surface area contributed by atoms with E-state index in [1.807, 2.05) is 30.3 Å². The van der Waals surface area contributed by atoms with Crippen LogP contribution in [0.25, 0.3) is 0 Å². The Morgan fingerprint density at radius 3 is 2.62 bits per heavy atom. The number of aryl methyl sites for hydroxylation is 1. The van der Waals surface area contributed by atoms with Crippen LogP contribution in [0.15, 0.2) is 42.5 Å². The highest BCUT2D eigenvalue weighted by atomic mass is 32.2. The van der Waals surface area contributed by atoms with Gasteiger partial charge in [-0.25, -0.2) is 4.79 Å². The maximum absolute atomic E-state index is 12.0. The van der Waals surface area contributed by atoms with Crippen LogP contribution < -0.4 is 5.73 Å². The van der Waals surface area contributed by atoms with Crippen molar-refractivity contribution in [2.24, 2.45) is 5.73 Å². The molecule has 24 heavy (non-hydrogen) atoms. The van der Waals surface area contributed by atoms with Crippen molar-refractivity contribution in [3.8, 4) is 0 Å². The normalized spacial score (nSPS) is 11.6. The maximum atomic E-state index is 12.0. The first kappa shape index (κ1) is 20.3. The van der Waals surface area contributed by atoms with Crippen LogP contribution in [0.2, 0.25) is 0 Å². The van der Waals surface area contributed by atoms with Crippen molar-refractivity contribution in [3.63, 3.8) is 0 Å². The molecule has 132 valence electrons. The highest BCUT2D eigenvalue weighted by Crippen LogP contribution is 2.10. The van der Waals surface area contributed by atoms with Gasteiger partial charge in [-0.05, 0) is 18.9 Å². The third-order valence-corrected chi connectivity index (χ3v) is 4.21. The molecule has 0 saturated carbocycles. The molecule has 0 saturated heterocycles. The number of esters is 2. The Kier molecular flexibility index (Phi) is 9.88. The summed E-state index contributed by atoms with van der Waals surface area (Å²) in [6, 6.07) is 9.74. The average molecular weight is 351 g/mol. The van der Waals surface area contributed by atoms with Gasteiger partial charge in [0.25, 0.3) is 0 Å². The summed E-state index contributed by atoms with van der Waals surface area (Å²) in [5.74, 6) is 0.511. The van der Waals surface area contributed by atoms with E-state index in [0.717, 1.165) is 11.3 Å². The Morgan fingerprint density at radius 2 is 2.00 bits per heavy atom. The van der Waals surface area contributed by atoms with Crippen LogP contribution >= 0.6 is 11.8 Å².